The molecule has 1 rings (SSSR count). The normalized spacial score (nSPS) is 15.8. The van der Waals surface area contributed by atoms with Crippen molar-refractivity contribution in [1.82, 2.24) is 10.6 Å². The molecule has 1 fully saturated rings. The minimum absolute atomic E-state index is 0.0623. The van der Waals surface area contributed by atoms with Crippen molar-refractivity contribution in [2.75, 3.05) is 13.1 Å². The summed E-state index contributed by atoms with van der Waals surface area (Å²) in [4.78, 5) is 11.2. The largest absolute Gasteiger partial charge is 0.352 e. The number of amides is 1. The summed E-state index contributed by atoms with van der Waals surface area (Å²) in [5.41, 5.74) is -0.306. The maximum absolute atomic E-state index is 11.2. The van der Waals surface area contributed by atoms with E-state index in [1.165, 1.54) is 0 Å². The van der Waals surface area contributed by atoms with Crippen LogP contribution in [0.15, 0.2) is 0 Å². The van der Waals surface area contributed by atoms with Crippen LogP contribution in [-0.4, -0.2) is 25.0 Å². The molecule has 1 aliphatic rings. The van der Waals surface area contributed by atoms with E-state index in [0.717, 1.165) is 19.3 Å². The predicted octanol–water partition coefficient (Wildman–Crippen LogP) is 0.794. The van der Waals surface area contributed by atoms with Crippen molar-refractivity contribution in [2.24, 2.45) is 5.41 Å². The third-order valence-electron chi connectivity index (χ3n) is 2.46. The first-order chi connectivity index (χ1) is 7.03. The third kappa shape index (κ3) is 5.38. The Morgan fingerprint density at radius 1 is 1.53 bits per heavy atom. The molecule has 4 nitrogen and oxygen atoms in total. The number of rotatable bonds is 6. The fourth-order valence-corrected chi connectivity index (χ4v) is 1.17. The highest BCUT2D eigenvalue weighted by molar-refractivity contribution is 5.78. The van der Waals surface area contributed by atoms with E-state index in [2.05, 4.69) is 16.7 Å². The van der Waals surface area contributed by atoms with Gasteiger partial charge in [-0.25, -0.2) is 0 Å². The lowest BCUT2D eigenvalue weighted by Gasteiger charge is -2.14. The van der Waals surface area contributed by atoms with Crippen LogP contribution in [0.2, 0.25) is 0 Å². The molecule has 0 aromatic carbocycles. The van der Waals surface area contributed by atoms with Gasteiger partial charge in [0.2, 0.25) is 5.91 Å². The van der Waals surface area contributed by atoms with E-state index in [9.17, 15) is 4.79 Å². The van der Waals surface area contributed by atoms with E-state index >= 15 is 0 Å². The molecule has 0 radical (unpaired) electrons. The van der Waals surface area contributed by atoms with E-state index in [1.807, 2.05) is 13.8 Å². The molecule has 1 aliphatic carbocycles. The van der Waals surface area contributed by atoms with Gasteiger partial charge in [0, 0.05) is 6.04 Å². The Hall–Kier alpha value is -1.08. The summed E-state index contributed by atoms with van der Waals surface area (Å²) < 4.78 is 0. The smallest absolute Gasteiger partial charge is 0.234 e. The van der Waals surface area contributed by atoms with E-state index in [1.54, 1.807) is 0 Å². The van der Waals surface area contributed by atoms with Crippen LogP contribution in [0.25, 0.3) is 0 Å². The third-order valence-corrected chi connectivity index (χ3v) is 2.46. The molecule has 0 unspecified atom stereocenters. The topological polar surface area (TPSA) is 64.9 Å². The molecule has 4 heteroatoms. The number of nitrogens with zero attached hydrogens (tertiary/aromatic N) is 1. The second kappa shape index (κ2) is 5.13. The van der Waals surface area contributed by atoms with Crippen molar-refractivity contribution in [1.29, 1.82) is 5.26 Å². The molecule has 15 heavy (non-hydrogen) atoms. The second-order valence-corrected chi connectivity index (χ2v) is 4.76. The molecular formula is C11H19N3O. The Kier molecular flexibility index (Phi) is 4.10. The fraction of sp³-hybridized carbons (Fsp3) is 0.818. The van der Waals surface area contributed by atoms with Crippen LogP contribution in [0.3, 0.4) is 0 Å². The Morgan fingerprint density at radius 2 is 2.20 bits per heavy atom. The van der Waals surface area contributed by atoms with Crippen LogP contribution in [0.4, 0.5) is 0 Å². The molecule has 0 saturated heterocycles. The van der Waals surface area contributed by atoms with Gasteiger partial charge in [-0.2, -0.15) is 5.26 Å². The van der Waals surface area contributed by atoms with Crippen LogP contribution >= 0.6 is 0 Å². The predicted molar refractivity (Wildman–Crippen MR) is 58.0 cm³/mol. The lowest BCUT2D eigenvalue weighted by Crippen LogP contribution is -2.36. The van der Waals surface area contributed by atoms with Gasteiger partial charge in [0.15, 0.2) is 0 Å². The van der Waals surface area contributed by atoms with E-state index in [0.29, 0.717) is 19.1 Å². The first kappa shape index (κ1) is 12.0. The highest BCUT2D eigenvalue weighted by atomic mass is 16.2. The van der Waals surface area contributed by atoms with Gasteiger partial charge in [0.25, 0.3) is 0 Å². The molecule has 2 N–H and O–H groups in total. The standard InChI is InChI=1S/C11H19N3O/c1-11(2,8-12)5-6-13-7-10(15)14-9-3-4-9/h9,13H,3-7H2,1-2H3,(H,14,15). The van der Waals surface area contributed by atoms with Gasteiger partial charge in [-0.05, 0) is 39.7 Å². The minimum atomic E-state index is -0.306. The maximum atomic E-state index is 11.2. The van der Waals surface area contributed by atoms with Gasteiger partial charge >= 0.3 is 0 Å². The Balaban J connectivity index is 2.01. The number of nitriles is 1. The number of carbonyl (C=O) groups is 1. The highest BCUT2D eigenvalue weighted by Gasteiger charge is 2.22. The van der Waals surface area contributed by atoms with Crippen molar-refractivity contribution in [3.63, 3.8) is 0 Å². The zero-order valence-corrected chi connectivity index (χ0v) is 9.47. The zero-order valence-electron chi connectivity index (χ0n) is 9.47. The van der Waals surface area contributed by atoms with Crippen LogP contribution in [-0.2, 0) is 4.79 Å². The van der Waals surface area contributed by atoms with Gasteiger partial charge in [-0.3, -0.25) is 4.79 Å². The van der Waals surface area contributed by atoms with Crippen molar-refractivity contribution in [3.8, 4) is 6.07 Å². The number of hydrogen-bond acceptors (Lipinski definition) is 3. The SMILES string of the molecule is CC(C)(C#N)CCNCC(=O)NC1CC1. The molecule has 0 heterocycles. The summed E-state index contributed by atoms with van der Waals surface area (Å²) in [5.74, 6) is 0.0623. The average Bonchev–Trinajstić information content (AvgIpc) is 2.96. The molecule has 0 spiro atoms. The first-order valence-corrected chi connectivity index (χ1v) is 5.45. The summed E-state index contributed by atoms with van der Waals surface area (Å²) in [6, 6.07) is 2.66. The molecule has 1 saturated carbocycles. The van der Waals surface area contributed by atoms with Crippen LogP contribution in [0.5, 0.6) is 0 Å². The highest BCUT2D eigenvalue weighted by Crippen LogP contribution is 2.18. The fourth-order valence-electron chi connectivity index (χ4n) is 1.17. The van der Waals surface area contributed by atoms with Crippen molar-refractivity contribution < 1.29 is 4.79 Å². The summed E-state index contributed by atoms with van der Waals surface area (Å²) in [5, 5.41) is 14.7. The quantitative estimate of drug-likeness (QED) is 0.636. The maximum Gasteiger partial charge on any atom is 0.234 e. The summed E-state index contributed by atoms with van der Waals surface area (Å²) >= 11 is 0. The molecule has 84 valence electrons. The average molecular weight is 209 g/mol. The number of nitrogens with one attached hydrogen (secondary N) is 2. The van der Waals surface area contributed by atoms with Gasteiger partial charge in [-0.1, -0.05) is 0 Å². The van der Waals surface area contributed by atoms with Crippen LogP contribution in [0, 0.1) is 16.7 Å². The molecule has 1 amide bonds. The number of carbonyl (C=O) groups excluding carboxylic acids is 1. The van der Waals surface area contributed by atoms with Crippen molar-refractivity contribution >= 4 is 5.91 Å². The Labute approximate surface area is 91.0 Å². The van der Waals surface area contributed by atoms with Gasteiger partial charge in [-0.15, -0.1) is 0 Å². The first-order valence-electron chi connectivity index (χ1n) is 5.45. The molecular weight excluding hydrogens is 190 g/mol. The second-order valence-electron chi connectivity index (χ2n) is 4.76. The summed E-state index contributed by atoms with van der Waals surface area (Å²) in [6.07, 6.45) is 3.00. The summed E-state index contributed by atoms with van der Waals surface area (Å²) in [6.45, 7) is 4.87. The molecule has 0 atom stereocenters. The van der Waals surface area contributed by atoms with Gasteiger partial charge < -0.3 is 10.6 Å². The van der Waals surface area contributed by atoms with Crippen molar-refractivity contribution in [3.05, 3.63) is 0 Å². The Morgan fingerprint density at radius 3 is 2.73 bits per heavy atom. The van der Waals surface area contributed by atoms with Crippen LogP contribution in [0.1, 0.15) is 33.1 Å². The lowest BCUT2D eigenvalue weighted by molar-refractivity contribution is -0.120. The Bertz CT molecular complexity index is 263. The van der Waals surface area contributed by atoms with Crippen molar-refractivity contribution in [2.45, 2.75) is 39.2 Å². The molecule has 0 aromatic heterocycles. The minimum Gasteiger partial charge on any atom is -0.352 e. The molecule has 0 aromatic rings. The van der Waals surface area contributed by atoms with E-state index < -0.39 is 0 Å². The van der Waals surface area contributed by atoms with E-state index in [-0.39, 0.29) is 11.3 Å². The summed E-state index contributed by atoms with van der Waals surface area (Å²) in [7, 11) is 0. The molecule has 0 aliphatic heterocycles. The molecule has 0 bridgehead atoms. The monoisotopic (exact) mass is 209 g/mol. The van der Waals surface area contributed by atoms with Gasteiger partial charge in [0.05, 0.1) is 18.0 Å². The van der Waals surface area contributed by atoms with Crippen LogP contribution < -0.4 is 10.6 Å². The van der Waals surface area contributed by atoms with E-state index in [4.69, 9.17) is 5.26 Å². The number of hydrogen-bond donors (Lipinski definition) is 2. The van der Waals surface area contributed by atoms with Gasteiger partial charge in [0.1, 0.15) is 0 Å². The lowest BCUT2D eigenvalue weighted by atomic mass is 9.91. The zero-order chi connectivity index (χ0) is 11.3.